The van der Waals surface area contributed by atoms with E-state index in [4.69, 9.17) is 0 Å². The van der Waals surface area contributed by atoms with Gasteiger partial charge in [-0.15, -0.1) is 0 Å². The van der Waals surface area contributed by atoms with Crippen LogP contribution in [0.1, 0.15) is 35.3 Å². The van der Waals surface area contributed by atoms with Gasteiger partial charge in [0.2, 0.25) is 0 Å². The zero-order valence-corrected chi connectivity index (χ0v) is 11.5. The predicted octanol–water partition coefficient (Wildman–Crippen LogP) is 2.35. The van der Waals surface area contributed by atoms with Crippen molar-refractivity contribution >= 4 is 22.8 Å². The Morgan fingerprint density at radius 3 is 2.62 bits per heavy atom. The van der Waals surface area contributed by atoms with Gasteiger partial charge in [-0.2, -0.15) is 0 Å². The first-order chi connectivity index (χ1) is 9.91. The molecule has 2 aromatic rings. The van der Waals surface area contributed by atoms with Crippen LogP contribution in [0.3, 0.4) is 0 Å². The van der Waals surface area contributed by atoms with Crippen LogP contribution < -0.4 is 5.32 Å². The van der Waals surface area contributed by atoms with Gasteiger partial charge in [0.1, 0.15) is 17.1 Å². The van der Waals surface area contributed by atoms with Crippen molar-refractivity contribution in [1.29, 1.82) is 0 Å². The van der Waals surface area contributed by atoms with Gasteiger partial charge in [0.15, 0.2) is 0 Å². The number of carbonyl (C=O) groups is 2. The highest BCUT2D eigenvalue weighted by Gasteiger charge is 2.45. The van der Waals surface area contributed by atoms with Gasteiger partial charge in [-0.1, -0.05) is 0 Å². The van der Waals surface area contributed by atoms with E-state index < -0.39 is 17.4 Å². The summed E-state index contributed by atoms with van der Waals surface area (Å²) < 4.78 is 13.4. The summed E-state index contributed by atoms with van der Waals surface area (Å²) in [5, 5.41) is 12.6. The number of hydrogen-bond acceptors (Lipinski definition) is 2. The van der Waals surface area contributed by atoms with Gasteiger partial charge in [-0.3, -0.25) is 4.79 Å². The summed E-state index contributed by atoms with van der Waals surface area (Å²) in [4.78, 5) is 26.3. The van der Waals surface area contributed by atoms with Crippen molar-refractivity contribution in [2.75, 3.05) is 0 Å². The summed E-state index contributed by atoms with van der Waals surface area (Å²) >= 11 is 0. The fraction of sp³-hybridized carbons (Fsp3) is 0.333. The lowest BCUT2D eigenvalue weighted by Gasteiger charge is -2.38. The summed E-state index contributed by atoms with van der Waals surface area (Å²) in [5.74, 6) is -1.87. The van der Waals surface area contributed by atoms with Gasteiger partial charge >= 0.3 is 5.97 Å². The predicted molar refractivity (Wildman–Crippen MR) is 74.7 cm³/mol. The minimum atomic E-state index is -1.16. The van der Waals surface area contributed by atoms with Gasteiger partial charge in [-0.25, -0.2) is 9.18 Å². The van der Waals surface area contributed by atoms with E-state index in [0.29, 0.717) is 18.4 Å². The van der Waals surface area contributed by atoms with Crippen LogP contribution in [-0.4, -0.2) is 27.5 Å². The number of aliphatic carboxylic acids is 1. The third-order valence-corrected chi connectivity index (χ3v) is 4.12. The minimum Gasteiger partial charge on any atom is -0.480 e. The number of nitrogens with one attached hydrogen (secondary N) is 2. The number of benzene rings is 1. The number of H-pyrrole nitrogens is 1. The molecular formula is C15H15FN2O3. The van der Waals surface area contributed by atoms with Gasteiger partial charge in [0.25, 0.3) is 5.91 Å². The quantitative estimate of drug-likeness (QED) is 0.811. The summed E-state index contributed by atoms with van der Waals surface area (Å²) in [6.45, 7) is 1.76. The molecule has 0 unspecified atom stereocenters. The third kappa shape index (κ3) is 2.16. The van der Waals surface area contributed by atoms with Crippen molar-refractivity contribution < 1.29 is 19.1 Å². The number of hydrogen-bond donors (Lipinski definition) is 3. The molecule has 0 atom stereocenters. The minimum absolute atomic E-state index is 0.242. The molecule has 1 saturated carbocycles. The fourth-order valence-electron chi connectivity index (χ4n) is 2.70. The second kappa shape index (κ2) is 4.58. The van der Waals surface area contributed by atoms with Crippen LogP contribution >= 0.6 is 0 Å². The zero-order valence-electron chi connectivity index (χ0n) is 11.5. The molecule has 3 N–H and O–H groups in total. The molecule has 5 nitrogen and oxygen atoms in total. The molecule has 1 aliphatic carbocycles. The van der Waals surface area contributed by atoms with E-state index in [1.165, 1.54) is 12.1 Å². The first-order valence-corrected chi connectivity index (χ1v) is 6.76. The lowest BCUT2D eigenvalue weighted by molar-refractivity contribution is -0.148. The Balaban J connectivity index is 1.92. The van der Waals surface area contributed by atoms with Gasteiger partial charge < -0.3 is 15.4 Å². The lowest BCUT2D eigenvalue weighted by Crippen LogP contribution is -2.59. The van der Waals surface area contributed by atoms with Crippen molar-refractivity contribution in [3.8, 4) is 0 Å². The highest BCUT2D eigenvalue weighted by molar-refractivity contribution is 6.01. The maximum absolute atomic E-state index is 13.4. The summed E-state index contributed by atoms with van der Waals surface area (Å²) in [6, 6.07) is 4.33. The Morgan fingerprint density at radius 2 is 2.05 bits per heavy atom. The van der Waals surface area contributed by atoms with Crippen molar-refractivity contribution in [1.82, 2.24) is 10.3 Å². The molecule has 0 spiro atoms. The van der Waals surface area contributed by atoms with E-state index in [-0.39, 0.29) is 11.5 Å². The molecule has 1 amide bonds. The van der Waals surface area contributed by atoms with E-state index in [1.54, 1.807) is 13.0 Å². The zero-order chi connectivity index (χ0) is 15.2. The Bertz CT molecular complexity index is 747. The van der Waals surface area contributed by atoms with Gasteiger partial charge in [0, 0.05) is 10.9 Å². The first kappa shape index (κ1) is 13.6. The SMILES string of the molecule is Cc1cc(F)cc2[nH]c(C(=O)NC3(C(=O)O)CCC3)cc12. The molecule has 1 aromatic carbocycles. The number of rotatable bonds is 3. The van der Waals surface area contributed by atoms with Crippen molar-refractivity contribution in [2.24, 2.45) is 0 Å². The number of halogens is 1. The number of carboxylic acids is 1. The molecule has 0 saturated heterocycles. The number of amides is 1. The molecule has 110 valence electrons. The number of carbonyl (C=O) groups excluding carboxylic acids is 1. The molecule has 1 aromatic heterocycles. The molecular weight excluding hydrogens is 275 g/mol. The fourth-order valence-corrected chi connectivity index (χ4v) is 2.70. The number of aryl methyl sites for hydroxylation is 1. The molecule has 1 heterocycles. The van der Waals surface area contributed by atoms with Crippen LogP contribution in [0.5, 0.6) is 0 Å². The van der Waals surface area contributed by atoms with E-state index in [9.17, 15) is 19.1 Å². The van der Waals surface area contributed by atoms with Crippen molar-refractivity contribution in [3.63, 3.8) is 0 Å². The molecule has 0 radical (unpaired) electrons. The molecule has 1 fully saturated rings. The van der Waals surface area contributed by atoms with Crippen molar-refractivity contribution in [3.05, 3.63) is 35.3 Å². The molecule has 6 heteroatoms. The Morgan fingerprint density at radius 1 is 1.33 bits per heavy atom. The molecule has 21 heavy (non-hydrogen) atoms. The first-order valence-electron chi connectivity index (χ1n) is 6.76. The second-order valence-electron chi connectivity index (χ2n) is 5.56. The van der Waals surface area contributed by atoms with E-state index >= 15 is 0 Å². The Labute approximate surface area is 120 Å². The Kier molecular flexibility index (Phi) is 2.97. The van der Waals surface area contributed by atoms with Crippen LogP contribution in [0.2, 0.25) is 0 Å². The summed E-state index contributed by atoms with van der Waals surface area (Å²) in [6.07, 6.45) is 1.65. The number of fused-ring (bicyclic) bond motifs is 1. The van der Waals surface area contributed by atoms with Crippen LogP contribution in [0.4, 0.5) is 4.39 Å². The van der Waals surface area contributed by atoms with E-state index in [1.807, 2.05) is 0 Å². The van der Waals surface area contributed by atoms with Crippen LogP contribution in [0.15, 0.2) is 18.2 Å². The Hall–Kier alpha value is -2.37. The van der Waals surface area contributed by atoms with Crippen LogP contribution in [0, 0.1) is 12.7 Å². The topological polar surface area (TPSA) is 82.2 Å². The normalized spacial score (nSPS) is 16.5. The highest BCUT2D eigenvalue weighted by atomic mass is 19.1. The van der Waals surface area contributed by atoms with E-state index in [0.717, 1.165) is 17.4 Å². The molecule has 1 aliphatic rings. The average Bonchev–Trinajstić information content (AvgIpc) is 2.77. The second-order valence-corrected chi connectivity index (χ2v) is 5.56. The number of aromatic nitrogens is 1. The lowest BCUT2D eigenvalue weighted by atomic mass is 9.76. The summed E-state index contributed by atoms with van der Waals surface area (Å²) in [5.41, 5.74) is 0.327. The molecule has 0 bridgehead atoms. The number of carboxylic acid groups (broad SMARTS) is 1. The standard InChI is InChI=1S/C15H15FN2O3/c1-8-5-9(16)6-11-10(8)7-12(17-11)13(19)18-15(14(20)21)3-2-4-15/h5-7,17H,2-4H2,1H3,(H,18,19)(H,20,21). The van der Waals surface area contributed by atoms with Gasteiger partial charge in [0.05, 0.1) is 0 Å². The maximum atomic E-state index is 13.4. The third-order valence-electron chi connectivity index (χ3n) is 4.12. The monoisotopic (exact) mass is 290 g/mol. The summed E-state index contributed by atoms with van der Waals surface area (Å²) in [7, 11) is 0. The van der Waals surface area contributed by atoms with Crippen molar-refractivity contribution in [2.45, 2.75) is 31.7 Å². The average molecular weight is 290 g/mol. The number of aromatic amines is 1. The largest absolute Gasteiger partial charge is 0.480 e. The maximum Gasteiger partial charge on any atom is 0.329 e. The van der Waals surface area contributed by atoms with Crippen LogP contribution in [0.25, 0.3) is 10.9 Å². The highest BCUT2D eigenvalue weighted by Crippen LogP contribution is 2.32. The molecule has 0 aliphatic heterocycles. The smallest absolute Gasteiger partial charge is 0.329 e. The molecule has 3 rings (SSSR count). The van der Waals surface area contributed by atoms with Gasteiger partial charge in [-0.05, 0) is 49.9 Å². The van der Waals surface area contributed by atoms with E-state index in [2.05, 4.69) is 10.3 Å². The van der Waals surface area contributed by atoms with Crippen LogP contribution in [-0.2, 0) is 4.79 Å².